The zero-order valence-corrected chi connectivity index (χ0v) is 9.86. The molecule has 1 heteroatoms. The molecule has 0 bridgehead atoms. The third-order valence-electron chi connectivity index (χ3n) is 3.05. The predicted molar refractivity (Wildman–Crippen MR) is 70.5 cm³/mol. The van der Waals surface area contributed by atoms with Gasteiger partial charge in [0, 0.05) is 5.92 Å². The molecule has 0 aliphatic carbocycles. The Morgan fingerprint density at radius 2 is 1.59 bits per heavy atom. The third kappa shape index (κ3) is 2.28. The van der Waals surface area contributed by atoms with E-state index in [4.69, 9.17) is 0 Å². The normalized spacial score (nSPS) is 12.1. The van der Waals surface area contributed by atoms with E-state index < -0.39 is 0 Å². The van der Waals surface area contributed by atoms with Gasteiger partial charge in [-0.15, -0.1) is 0 Å². The van der Waals surface area contributed by atoms with Crippen molar-refractivity contribution in [3.8, 4) is 0 Å². The van der Waals surface area contributed by atoms with Crippen LogP contribution < -0.4 is 0 Å². The first kappa shape index (κ1) is 11.6. The highest BCUT2D eigenvalue weighted by Crippen LogP contribution is 2.28. The van der Waals surface area contributed by atoms with Crippen LogP contribution in [0.25, 0.3) is 6.08 Å². The molecule has 0 amide bonds. The van der Waals surface area contributed by atoms with E-state index in [1.165, 1.54) is 6.07 Å². The second-order valence-electron chi connectivity index (χ2n) is 4.08. The minimum atomic E-state index is -0.154. The summed E-state index contributed by atoms with van der Waals surface area (Å²) in [5.74, 6) is -0.121. The van der Waals surface area contributed by atoms with Crippen LogP contribution >= 0.6 is 0 Å². The van der Waals surface area contributed by atoms with Crippen molar-refractivity contribution in [2.75, 3.05) is 0 Å². The molecule has 2 rings (SSSR count). The largest absolute Gasteiger partial charge is 0.207 e. The van der Waals surface area contributed by atoms with Crippen molar-refractivity contribution in [2.45, 2.75) is 12.8 Å². The summed E-state index contributed by atoms with van der Waals surface area (Å²) >= 11 is 0. The average Bonchev–Trinajstić information content (AvgIpc) is 2.38. The molecule has 17 heavy (non-hydrogen) atoms. The van der Waals surface area contributed by atoms with Crippen molar-refractivity contribution in [1.29, 1.82) is 0 Å². The molecular weight excluding hydrogens is 211 g/mol. The smallest absolute Gasteiger partial charge is 0.127 e. The summed E-state index contributed by atoms with van der Waals surface area (Å²) in [4.78, 5) is 0. The molecule has 0 radical (unpaired) electrons. The fourth-order valence-electron chi connectivity index (χ4n) is 2.08. The summed E-state index contributed by atoms with van der Waals surface area (Å²) in [7, 11) is 0. The van der Waals surface area contributed by atoms with Crippen molar-refractivity contribution in [1.82, 2.24) is 0 Å². The lowest BCUT2D eigenvalue weighted by Gasteiger charge is -2.15. The molecule has 0 N–H and O–H groups in total. The fraction of sp³-hybridized carbons (Fsp3) is 0.125. The molecule has 2 aromatic carbocycles. The van der Waals surface area contributed by atoms with E-state index in [0.29, 0.717) is 0 Å². The Bertz CT molecular complexity index is 529. The van der Waals surface area contributed by atoms with E-state index in [-0.39, 0.29) is 11.7 Å². The van der Waals surface area contributed by atoms with Gasteiger partial charge in [0.15, 0.2) is 0 Å². The molecule has 0 spiro atoms. The summed E-state index contributed by atoms with van der Waals surface area (Å²) in [6, 6.07) is 14.9. The Morgan fingerprint density at radius 3 is 2.24 bits per heavy atom. The number of rotatable bonds is 3. The topological polar surface area (TPSA) is 0 Å². The number of halogens is 1. The van der Waals surface area contributed by atoms with E-state index in [1.807, 2.05) is 49.4 Å². The Hall–Kier alpha value is -1.89. The Balaban J connectivity index is 2.47. The van der Waals surface area contributed by atoms with Gasteiger partial charge in [0.1, 0.15) is 5.82 Å². The molecule has 0 heterocycles. The van der Waals surface area contributed by atoms with E-state index in [2.05, 4.69) is 6.58 Å². The summed E-state index contributed by atoms with van der Waals surface area (Å²) in [5, 5.41) is 0. The van der Waals surface area contributed by atoms with Crippen molar-refractivity contribution >= 4 is 6.08 Å². The first-order chi connectivity index (χ1) is 8.24. The van der Waals surface area contributed by atoms with Crippen LogP contribution in [0.5, 0.6) is 0 Å². The highest BCUT2D eigenvalue weighted by Gasteiger charge is 2.14. The molecule has 0 nitrogen and oxygen atoms in total. The Kier molecular flexibility index (Phi) is 3.38. The van der Waals surface area contributed by atoms with Crippen LogP contribution in [0.1, 0.15) is 29.5 Å². The second kappa shape index (κ2) is 4.96. The van der Waals surface area contributed by atoms with Gasteiger partial charge in [-0.2, -0.15) is 0 Å². The monoisotopic (exact) mass is 226 g/mol. The van der Waals surface area contributed by atoms with Crippen molar-refractivity contribution in [3.05, 3.63) is 77.6 Å². The molecule has 0 saturated heterocycles. The summed E-state index contributed by atoms with van der Waals surface area (Å²) in [6.07, 6.45) is 1.81. The van der Waals surface area contributed by atoms with Gasteiger partial charge in [0.05, 0.1) is 0 Å². The maximum atomic E-state index is 13.7. The lowest BCUT2D eigenvalue weighted by Crippen LogP contribution is -2.01. The molecule has 0 aliphatic heterocycles. The van der Waals surface area contributed by atoms with Crippen LogP contribution in [0.3, 0.4) is 0 Å². The van der Waals surface area contributed by atoms with Gasteiger partial charge in [-0.25, -0.2) is 4.39 Å². The van der Waals surface area contributed by atoms with E-state index in [1.54, 1.807) is 6.07 Å². The van der Waals surface area contributed by atoms with Gasteiger partial charge in [0.2, 0.25) is 0 Å². The molecule has 0 aliphatic rings. The van der Waals surface area contributed by atoms with Crippen LogP contribution in [0.15, 0.2) is 55.1 Å². The van der Waals surface area contributed by atoms with E-state index in [9.17, 15) is 4.39 Å². The van der Waals surface area contributed by atoms with E-state index >= 15 is 0 Å². The fourth-order valence-corrected chi connectivity index (χ4v) is 2.08. The predicted octanol–water partition coefficient (Wildman–Crippen LogP) is 4.62. The summed E-state index contributed by atoms with van der Waals surface area (Å²) < 4.78 is 13.7. The van der Waals surface area contributed by atoms with Crippen LogP contribution in [0.4, 0.5) is 4.39 Å². The minimum absolute atomic E-state index is 0.0328. The van der Waals surface area contributed by atoms with Crippen molar-refractivity contribution in [2.24, 2.45) is 0 Å². The van der Waals surface area contributed by atoms with Crippen LogP contribution in [0.2, 0.25) is 0 Å². The summed E-state index contributed by atoms with van der Waals surface area (Å²) in [5.41, 5.74) is 2.89. The molecule has 0 fully saturated rings. The van der Waals surface area contributed by atoms with Crippen molar-refractivity contribution < 1.29 is 4.39 Å². The van der Waals surface area contributed by atoms with Gasteiger partial charge < -0.3 is 0 Å². The first-order valence-electron chi connectivity index (χ1n) is 5.70. The molecular formula is C16H15F. The molecule has 1 atom stereocenters. The molecule has 0 aromatic heterocycles. The lowest BCUT2D eigenvalue weighted by molar-refractivity contribution is 0.603. The zero-order chi connectivity index (χ0) is 12.3. The molecule has 1 unspecified atom stereocenters. The van der Waals surface area contributed by atoms with Crippen molar-refractivity contribution in [3.63, 3.8) is 0 Å². The van der Waals surface area contributed by atoms with E-state index in [0.717, 1.165) is 16.7 Å². The lowest BCUT2D eigenvalue weighted by atomic mass is 9.89. The Labute approximate surface area is 101 Å². The third-order valence-corrected chi connectivity index (χ3v) is 3.05. The van der Waals surface area contributed by atoms with Crippen LogP contribution in [-0.4, -0.2) is 0 Å². The quantitative estimate of drug-likeness (QED) is 0.716. The highest BCUT2D eigenvalue weighted by atomic mass is 19.1. The first-order valence-corrected chi connectivity index (χ1v) is 5.70. The second-order valence-corrected chi connectivity index (χ2v) is 4.08. The maximum Gasteiger partial charge on any atom is 0.127 e. The number of hydrogen-bond acceptors (Lipinski definition) is 0. The Morgan fingerprint density at radius 1 is 1.00 bits per heavy atom. The van der Waals surface area contributed by atoms with Gasteiger partial charge in [-0.05, 0) is 22.8 Å². The SMILES string of the molecule is C=Cc1ccccc1C(C)c1ccccc1F. The number of benzene rings is 2. The van der Waals surface area contributed by atoms with Crippen LogP contribution in [-0.2, 0) is 0 Å². The minimum Gasteiger partial charge on any atom is -0.207 e. The van der Waals surface area contributed by atoms with Gasteiger partial charge >= 0.3 is 0 Å². The van der Waals surface area contributed by atoms with Gasteiger partial charge in [-0.3, -0.25) is 0 Å². The molecule has 2 aromatic rings. The average molecular weight is 226 g/mol. The number of hydrogen-bond donors (Lipinski definition) is 0. The van der Waals surface area contributed by atoms with Gasteiger partial charge in [-0.1, -0.05) is 62.0 Å². The zero-order valence-electron chi connectivity index (χ0n) is 9.86. The van der Waals surface area contributed by atoms with Gasteiger partial charge in [0.25, 0.3) is 0 Å². The summed E-state index contributed by atoms with van der Waals surface area (Å²) in [6.45, 7) is 5.81. The maximum absolute atomic E-state index is 13.7. The standard InChI is InChI=1S/C16H15F/c1-3-13-8-4-5-9-14(13)12(2)15-10-6-7-11-16(15)17/h3-12H,1H2,2H3. The molecule has 86 valence electrons. The highest BCUT2D eigenvalue weighted by molar-refractivity contribution is 5.54. The van der Waals surface area contributed by atoms with Crippen LogP contribution in [0, 0.1) is 5.82 Å². The molecule has 0 saturated carbocycles.